The third-order valence-corrected chi connectivity index (χ3v) is 5.92. The molecule has 8 heteroatoms. The highest BCUT2D eigenvalue weighted by Crippen LogP contribution is 2.28. The second kappa shape index (κ2) is 9.65. The Morgan fingerprint density at radius 1 is 0.844 bits per heavy atom. The third-order valence-electron chi connectivity index (χ3n) is 4.78. The lowest BCUT2D eigenvalue weighted by Gasteiger charge is -2.22. The number of hydrogen-bond donors (Lipinski definition) is 1. The lowest BCUT2D eigenvalue weighted by molar-refractivity contribution is -0.114. The van der Waals surface area contributed by atoms with E-state index >= 15 is 0 Å². The summed E-state index contributed by atoms with van der Waals surface area (Å²) in [5.74, 6) is -0.676. The molecule has 1 N–H and O–H groups in total. The zero-order valence-corrected chi connectivity index (χ0v) is 19.0. The Balaban J connectivity index is 1.83. The van der Waals surface area contributed by atoms with Crippen molar-refractivity contribution in [3.05, 3.63) is 84.4 Å². The van der Waals surface area contributed by atoms with E-state index in [9.17, 15) is 18.0 Å². The number of sulfonamides is 1. The fourth-order valence-corrected chi connectivity index (χ4v) is 4.07. The molecular weight excluding hydrogens is 426 g/mol. The normalized spacial score (nSPS) is 11.0. The van der Waals surface area contributed by atoms with Gasteiger partial charge in [0.2, 0.25) is 15.9 Å². The molecule has 32 heavy (non-hydrogen) atoms. The van der Waals surface area contributed by atoms with E-state index in [0.717, 1.165) is 21.7 Å². The van der Waals surface area contributed by atoms with Crippen molar-refractivity contribution in [2.45, 2.75) is 0 Å². The molecule has 3 rings (SSSR count). The average molecular weight is 452 g/mol. The van der Waals surface area contributed by atoms with Crippen LogP contribution in [-0.4, -0.2) is 52.0 Å². The van der Waals surface area contributed by atoms with Gasteiger partial charge in [-0.2, -0.15) is 0 Å². The maximum absolute atomic E-state index is 12.8. The SMILES string of the molecule is CN(C)C(=O)c1ccc(N(CC(=O)Nc2ccccc2-c2ccccc2)S(C)(=O)=O)cc1. The molecule has 0 aromatic heterocycles. The molecule has 0 fully saturated rings. The van der Waals surface area contributed by atoms with Crippen molar-refractivity contribution < 1.29 is 18.0 Å². The maximum atomic E-state index is 12.8. The number of nitrogens with one attached hydrogen (secondary N) is 1. The van der Waals surface area contributed by atoms with Crippen molar-refractivity contribution in [3.8, 4) is 11.1 Å². The Labute approximate surface area is 188 Å². The molecule has 0 saturated carbocycles. The molecular formula is C24H25N3O4S. The van der Waals surface area contributed by atoms with Gasteiger partial charge in [0.1, 0.15) is 6.54 Å². The highest BCUT2D eigenvalue weighted by molar-refractivity contribution is 7.92. The highest BCUT2D eigenvalue weighted by atomic mass is 32.2. The minimum absolute atomic E-state index is 0.197. The van der Waals surface area contributed by atoms with Crippen LogP contribution in [0, 0.1) is 0 Å². The number of anilines is 2. The topological polar surface area (TPSA) is 86.8 Å². The van der Waals surface area contributed by atoms with E-state index < -0.39 is 22.5 Å². The van der Waals surface area contributed by atoms with Crippen LogP contribution in [-0.2, 0) is 14.8 Å². The van der Waals surface area contributed by atoms with Gasteiger partial charge >= 0.3 is 0 Å². The largest absolute Gasteiger partial charge is 0.345 e. The first kappa shape index (κ1) is 23.0. The van der Waals surface area contributed by atoms with Gasteiger partial charge in [-0.25, -0.2) is 8.42 Å². The van der Waals surface area contributed by atoms with E-state index in [1.165, 1.54) is 17.0 Å². The van der Waals surface area contributed by atoms with Crippen LogP contribution in [0.25, 0.3) is 11.1 Å². The lowest BCUT2D eigenvalue weighted by Crippen LogP contribution is -2.37. The number of carbonyl (C=O) groups excluding carboxylic acids is 2. The minimum atomic E-state index is -3.74. The zero-order chi connectivity index (χ0) is 23.3. The van der Waals surface area contributed by atoms with E-state index in [2.05, 4.69) is 5.32 Å². The summed E-state index contributed by atoms with van der Waals surface area (Å²) in [6, 6.07) is 23.0. The van der Waals surface area contributed by atoms with E-state index in [1.807, 2.05) is 42.5 Å². The molecule has 0 radical (unpaired) electrons. The van der Waals surface area contributed by atoms with Gasteiger partial charge in [0.25, 0.3) is 5.91 Å². The smallest absolute Gasteiger partial charge is 0.253 e. The zero-order valence-electron chi connectivity index (χ0n) is 18.1. The summed E-state index contributed by atoms with van der Waals surface area (Å²) in [6.45, 7) is -0.400. The monoisotopic (exact) mass is 451 g/mol. The van der Waals surface area contributed by atoms with Gasteiger partial charge in [0, 0.05) is 30.9 Å². The summed E-state index contributed by atoms with van der Waals surface area (Å²) in [5.41, 5.74) is 3.08. The summed E-state index contributed by atoms with van der Waals surface area (Å²) in [6.07, 6.45) is 1.04. The van der Waals surface area contributed by atoms with E-state index in [4.69, 9.17) is 0 Å². The second-order valence-corrected chi connectivity index (χ2v) is 9.38. The molecule has 0 unspecified atom stereocenters. The Kier molecular flexibility index (Phi) is 6.95. The summed E-state index contributed by atoms with van der Waals surface area (Å²) in [5, 5.41) is 2.82. The number of carbonyl (C=O) groups is 2. The van der Waals surface area contributed by atoms with Gasteiger partial charge in [-0.1, -0.05) is 48.5 Å². The van der Waals surface area contributed by atoms with E-state index in [1.54, 1.807) is 38.4 Å². The maximum Gasteiger partial charge on any atom is 0.253 e. The van der Waals surface area contributed by atoms with Crippen molar-refractivity contribution in [1.29, 1.82) is 0 Å². The van der Waals surface area contributed by atoms with E-state index in [0.29, 0.717) is 16.9 Å². The Hall–Kier alpha value is -3.65. The quantitative estimate of drug-likeness (QED) is 0.596. The number of para-hydroxylation sites is 1. The van der Waals surface area contributed by atoms with Crippen LogP contribution in [0.15, 0.2) is 78.9 Å². The molecule has 166 valence electrons. The molecule has 3 aromatic carbocycles. The van der Waals surface area contributed by atoms with Gasteiger partial charge < -0.3 is 10.2 Å². The highest BCUT2D eigenvalue weighted by Gasteiger charge is 2.22. The lowest BCUT2D eigenvalue weighted by atomic mass is 10.0. The number of rotatable bonds is 7. The van der Waals surface area contributed by atoms with Crippen LogP contribution in [0.5, 0.6) is 0 Å². The van der Waals surface area contributed by atoms with Gasteiger partial charge in [-0.15, -0.1) is 0 Å². The van der Waals surface area contributed by atoms with Crippen molar-refractivity contribution >= 4 is 33.2 Å². The van der Waals surface area contributed by atoms with Gasteiger partial charge in [0.05, 0.1) is 11.9 Å². The van der Waals surface area contributed by atoms with Crippen molar-refractivity contribution in [1.82, 2.24) is 4.90 Å². The second-order valence-electron chi connectivity index (χ2n) is 7.48. The first-order chi connectivity index (χ1) is 15.2. The average Bonchev–Trinajstić information content (AvgIpc) is 2.77. The molecule has 0 bridgehead atoms. The molecule has 0 heterocycles. The van der Waals surface area contributed by atoms with Crippen LogP contribution < -0.4 is 9.62 Å². The molecule has 7 nitrogen and oxygen atoms in total. The molecule has 0 saturated heterocycles. The number of benzene rings is 3. The molecule has 2 amide bonds. The standard InChI is InChI=1S/C24H25N3O4S/c1-26(2)24(29)19-13-15-20(16-14-19)27(32(3,30)31)17-23(28)25-22-12-8-7-11-21(22)18-9-5-4-6-10-18/h4-16H,17H2,1-3H3,(H,25,28). The third kappa shape index (κ3) is 5.53. The van der Waals surface area contributed by atoms with Crippen LogP contribution in [0.1, 0.15) is 10.4 Å². The van der Waals surface area contributed by atoms with Crippen molar-refractivity contribution in [3.63, 3.8) is 0 Å². The van der Waals surface area contributed by atoms with Gasteiger partial charge in [-0.05, 0) is 35.9 Å². The molecule has 0 aliphatic carbocycles. The Bertz CT molecular complexity index is 1210. The predicted octanol–water partition coefficient (Wildman–Crippen LogP) is 3.46. The molecule has 0 spiro atoms. The molecule has 0 aliphatic rings. The summed E-state index contributed by atoms with van der Waals surface area (Å²) in [7, 11) is -0.469. The first-order valence-electron chi connectivity index (χ1n) is 9.90. The fourth-order valence-electron chi connectivity index (χ4n) is 3.21. The Morgan fingerprint density at radius 2 is 1.44 bits per heavy atom. The van der Waals surface area contributed by atoms with E-state index in [-0.39, 0.29) is 5.91 Å². The van der Waals surface area contributed by atoms with Crippen molar-refractivity contribution in [2.24, 2.45) is 0 Å². The van der Waals surface area contributed by atoms with Crippen LogP contribution in [0.2, 0.25) is 0 Å². The molecule has 0 aliphatic heterocycles. The summed E-state index contributed by atoms with van der Waals surface area (Å²) >= 11 is 0. The Morgan fingerprint density at radius 3 is 2.03 bits per heavy atom. The van der Waals surface area contributed by atoms with Gasteiger partial charge in [0.15, 0.2) is 0 Å². The summed E-state index contributed by atoms with van der Waals surface area (Å²) in [4.78, 5) is 26.3. The summed E-state index contributed by atoms with van der Waals surface area (Å²) < 4.78 is 25.8. The molecule has 3 aromatic rings. The van der Waals surface area contributed by atoms with Crippen molar-refractivity contribution in [2.75, 3.05) is 36.5 Å². The number of amides is 2. The van der Waals surface area contributed by atoms with Crippen LogP contribution >= 0.6 is 0 Å². The molecule has 0 atom stereocenters. The van der Waals surface area contributed by atoms with Crippen LogP contribution in [0.4, 0.5) is 11.4 Å². The van der Waals surface area contributed by atoms with Crippen LogP contribution in [0.3, 0.4) is 0 Å². The fraction of sp³-hybridized carbons (Fsp3) is 0.167. The minimum Gasteiger partial charge on any atom is -0.345 e. The first-order valence-corrected chi connectivity index (χ1v) is 11.8. The number of hydrogen-bond acceptors (Lipinski definition) is 4. The predicted molar refractivity (Wildman–Crippen MR) is 127 cm³/mol. The number of nitrogens with zero attached hydrogens (tertiary/aromatic N) is 2. The van der Waals surface area contributed by atoms with Gasteiger partial charge in [-0.3, -0.25) is 13.9 Å².